The van der Waals surface area contributed by atoms with Gasteiger partial charge in [-0.05, 0) is 78.9 Å². The Balaban J connectivity index is 1.49. The van der Waals surface area contributed by atoms with Crippen molar-refractivity contribution in [2.24, 2.45) is 46.3 Å². The van der Waals surface area contributed by atoms with E-state index in [0.29, 0.717) is 30.1 Å². The average Bonchev–Trinajstić information content (AvgIpc) is 3.06. The van der Waals surface area contributed by atoms with Gasteiger partial charge >= 0.3 is 5.97 Å². The summed E-state index contributed by atoms with van der Waals surface area (Å²) in [5, 5.41) is 40.9. The molecule has 0 aromatic heterocycles. The summed E-state index contributed by atoms with van der Waals surface area (Å²) in [5.74, 6) is -0.210. The highest BCUT2D eigenvalue weighted by Crippen LogP contribution is 2.67. The van der Waals surface area contributed by atoms with Gasteiger partial charge in [0.25, 0.3) is 0 Å². The zero-order chi connectivity index (χ0) is 23.5. The fourth-order valence-electron chi connectivity index (χ4n) is 8.67. The fourth-order valence-corrected chi connectivity index (χ4v) is 8.67. The van der Waals surface area contributed by atoms with Crippen molar-refractivity contribution in [1.29, 1.82) is 0 Å². The minimum absolute atomic E-state index is 0.0309. The minimum Gasteiger partial charge on any atom is -0.481 e. The molecule has 0 bridgehead atoms. The molecule has 0 amide bonds. The van der Waals surface area contributed by atoms with Crippen LogP contribution in [0.1, 0.15) is 91.9 Å². The molecule has 3 saturated carbocycles. The van der Waals surface area contributed by atoms with E-state index in [4.69, 9.17) is 5.11 Å². The van der Waals surface area contributed by atoms with Gasteiger partial charge in [0.15, 0.2) is 5.79 Å². The number of hydrogen-bond donors (Lipinski definition) is 4. The number of carboxylic acid groups (broad SMARTS) is 1. The molecule has 4 N–H and O–H groups in total. The van der Waals surface area contributed by atoms with Gasteiger partial charge in [-0.15, -0.1) is 0 Å². The topological polar surface area (TPSA) is 98.0 Å². The number of hydrogen-bond acceptors (Lipinski definition) is 4. The van der Waals surface area contributed by atoms with E-state index in [0.717, 1.165) is 37.7 Å². The first-order valence-electron chi connectivity index (χ1n) is 13.0. The SMILES string of the molecule is C[C@H](CCC[C@@H](C)[C@H]1CC[C@H]2[C@@H]3[C@H](O)C=C4CC(O)(O)CC[C@]4(C)[C@H]3CC[C@]12C)C(=O)O. The summed E-state index contributed by atoms with van der Waals surface area (Å²) in [6, 6.07) is 0. The molecular weight excluding hydrogens is 404 g/mol. The van der Waals surface area contributed by atoms with Crippen LogP contribution in [0.3, 0.4) is 0 Å². The largest absolute Gasteiger partial charge is 0.481 e. The third-order valence-corrected chi connectivity index (χ3v) is 10.6. The molecule has 9 atom stereocenters. The summed E-state index contributed by atoms with van der Waals surface area (Å²) in [6.07, 6.45) is 10.4. The van der Waals surface area contributed by atoms with Crippen molar-refractivity contribution in [3.05, 3.63) is 11.6 Å². The molecule has 0 aromatic carbocycles. The Morgan fingerprint density at radius 1 is 1.06 bits per heavy atom. The lowest BCUT2D eigenvalue weighted by Crippen LogP contribution is -2.56. The Morgan fingerprint density at radius 3 is 2.47 bits per heavy atom. The Morgan fingerprint density at radius 2 is 1.78 bits per heavy atom. The molecule has 5 heteroatoms. The molecule has 0 aromatic rings. The van der Waals surface area contributed by atoms with Gasteiger partial charge in [-0.25, -0.2) is 0 Å². The minimum atomic E-state index is -1.63. The van der Waals surface area contributed by atoms with E-state index >= 15 is 0 Å². The summed E-state index contributed by atoms with van der Waals surface area (Å²) < 4.78 is 0. The monoisotopic (exact) mass is 448 g/mol. The lowest BCUT2D eigenvalue weighted by Gasteiger charge is -2.60. The van der Waals surface area contributed by atoms with Crippen LogP contribution in [0, 0.1) is 46.3 Å². The first-order valence-corrected chi connectivity index (χ1v) is 13.0. The van der Waals surface area contributed by atoms with E-state index in [2.05, 4.69) is 20.8 Å². The maximum atomic E-state index is 11.3. The van der Waals surface area contributed by atoms with E-state index < -0.39 is 17.9 Å². The number of carbonyl (C=O) groups is 1. The van der Waals surface area contributed by atoms with Crippen LogP contribution >= 0.6 is 0 Å². The van der Waals surface area contributed by atoms with Crippen molar-refractivity contribution in [2.75, 3.05) is 0 Å². The standard InChI is InChI=1S/C27H44O5/c1-16(6-5-7-17(2)24(29)30)19-8-9-20-23-21(10-11-26(19,20)4)25(3)12-13-27(31,32)15-18(25)14-22(23)28/h14,16-17,19-23,28,31-32H,5-13,15H2,1-4H3,(H,29,30)/t16-,17-,19-,20+,21+,22-,23+,25+,26-/m1/s1. The quantitative estimate of drug-likeness (QED) is 0.347. The van der Waals surface area contributed by atoms with Gasteiger partial charge in [0.05, 0.1) is 12.0 Å². The fraction of sp³-hybridized carbons (Fsp3) is 0.889. The second-order valence-electron chi connectivity index (χ2n) is 12.4. The molecule has 0 aliphatic heterocycles. The number of rotatable bonds is 6. The number of aliphatic hydroxyl groups excluding tert-OH is 1. The third-order valence-electron chi connectivity index (χ3n) is 10.6. The van der Waals surface area contributed by atoms with Gasteiger partial charge in [-0.2, -0.15) is 0 Å². The van der Waals surface area contributed by atoms with E-state index in [9.17, 15) is 20.1 Å². The summed E-state index contributed by atoms with van der Waals surface area (Å²) in [6.45, 7) is 8.93. The van der Waals surface area contributed by atoms with Crippen LogP contribution in [0.4, 0.5) is 0 Å². The van der Waals surface area contributed by atoms with Crippen LogP contribution in [-0.4, -0.2) is 38.3 Å². The van der Waals surface area contributed by atoms with Crippen molar-refractivity contribution < 1.29 is 25.2 Å². The zero-order valence-electron chi connectivity index (χ0n) is 20.4. The highest BCUT2D eigenvalue weighted by Gasteiger charge is 2.61. The van der Waals surface area contributed by atoms with E-state index in [1.807, 2.05) is 6.08 Å². The molecular formula is C27H44O5. The van der Waals surface area contributed by atoms with Gasteiger partial charge in [0, 0.05) is 12.8 Å². The second kappa shape index (κ2) is 8.39. The Bertz CT molecular complexity index is 759. The number of aliphatic carboxylic acids is 1. The molecule has 0 radical (unpaired) electrons. The molecule has 0 unspecified atom stereocenters. The summed E-state index contributed by atoms with van der Waals surface area (Å²) in [4.78, 5) is 11.1. The van der Waals surface area contributed by atoms with Crippen LogP contribution in [0.15, 0.2) is 11.6 Å². The lowest BCUT2D eigenvalue weighted by molar-refractivity contribution is -0.192. The third kappa shape index (κ3) is 3.96. The highest BCUT2D eigenvalue weighted by molar-refractivity contribution is 5.69. The van der Waals surface area contributed by atoms with Crippen LogP contribution in [0.5, 0.6) is 0 Å². The molecule has 4 aliphatic carbocycles. The van der Waals surface area contributed by atoms with Crippen molar-refractivity contribution in [3.63, 3.8) is 0 Å². The van der Waals surface area contributed by atoms with Crippen molar-refractivity contribution in [1.82, 2.24) is 0 Å². The molecule has 3 fully saturated rings. The molecule has 32 heavy (non-hydrogen) atoms. The first-order chi connectivity index (χ1) is 14.9. The molecule has 4 aliphatic rings. The van der Waals surface area contributed by atoms with Crippen molar-refractivity contribution in [3.8, 4) is 0 Å². The Labute approximate surface area is 193 Å². The zero-order valence-corrected chi connectivity index (χ0v) is 20.4. The first kappa shape index (κ1) is 24.2. The molecule has 5 nitrogen and oxygen atoms in total. The Kier molecular flexibility index (Phi) is 6.35. The van der Waals surface area contributed by atoms with Crippen LogP contribution < -0.4 is 0 Å². The van der Waals surface area contributed by atoms with E-state index in [1.165, 1.54) is 19.3 Å². The van der Waals surface area contributed by atoms with E-state index in [1.54, 1.807) is 6.92 Å². The van der Waals surface area contributed by atoms with Crippen LogP contribution in [0.2, 0.25) is 0 Å². The normalized spacial score (nSPS) is 44.6. The Hall–Kier alpha value is -0.910. The average molecular weight is 449 g/mol. The second-order valence-corrected chi connectivity index (χ2v) is 12.4. The van der Waals surface area contributed by atoms with E-state index in [-0.39, 0.29) is 29.1 Å². The number of carboxylic acids is 1. The van der Waals surface area contributed by atoms with Crippen LogP contribution in [0.25, 0.3) is 0 Å². The van der Waals surface area contributed by atoms with Gasteiger partial charge in [-0.1, -0.05) is 52.2 Å². The molecule has 0 spiro atoms. The lowest BCUT2D eigenvalue weighted by atomic mass is 9.46. The van der Waals surface area contributed by atoms with Gasteiger partial charge in [0.1, 0.15) is 0 Å². The predicted molar refractivity (Wildman–Crippen MR) is 124 cm³/mol. The summed E-state index contributed by atoms with van der Waals surface area (Å²) >= 11 is 0. The molecule has 182 valence electrons. The molecule has 0 saturated heterocycles. The van der Waals surface area contributed by atoms with Gasteiger partial charge in [0.2, 0.25) is 0 Å². The van der Waals surface area contributed by atoms with Crippen molar-refractivity contribution in [2.45, 2.75) is 104 Å². The van der Waals surface area contributed by atoms with Crippen molar-refractivity contribution >= 4 is 5.97 Å². The molecule has 0 heterocycles. The summed E-state index contributed by atoms with van der Waals surface area (Å²) in [5.41, 5.74) is 1.26. The van der Waals surface area contributed by atoms with Gasteiger partial charge < -0.3 is 20.4 Å². The highest BCUT2D eigenvalue weighted by atomic mass is 16.5. The number of aliphatic hydroxyl groups is 3. The van der Waals surface area contributed by atoms with Crippen LogP contribution in [-0.2, 0) is 4.79 Å². The maximum Gasteiger partial charge on any atom is 0.306 e. The number of fused-ring (bicyclic) bond motifs is 5. The summed E-state index contributed by atoms with van der Waals surface area (Å²) in [7, 11) is 0. The van der Waals surface area contributed by atoms with Gasteiger partial charge in [-0.3, -0.25) is 4.79 Å². The molecule has 4 rings (SSSR count). The smallest absolute Gasteiger partial charge is 0.306 e. The maximum absolute atomic E-state index is 11.3. The predicted octanol–water partition coefficient (Wildman–Crippen LogP) is 4.74.